The molecule has 1 aliphatic carbocycles. The van der Waals surface area contributed by atoms with Gasteiger partial charge in [-0.2, -0.15) is 5.10 Å². The zero-order chi connectivity index (χ0) is 28.3. The number of pyridine rings is 1. The number of aryl methyl sites for hydroxylation is 1. The maximum Gasteiger partial charge on any atom is 0.573 e. The zero-order valence-corrected chi connectivity index (χ0v) is 21.2. The van der Waals surface area contributed by atoms with Gasteiger partial charge in [-0.3, -0.25) is 14.5 Å². The molecule has 0 aliphatic heterocycles. The second-order valence-corrected chi connectivity index (χ2v) is 9.60. The summed E-state index contributed by atoms with van der Waals surface area (Å²) in [6, 6.07) is 10.8. The van der Waals surface area contributed by atoms with E-state index in [9.17, 15) is 26.7 Å². The number of fused-ring (bicyclic) bond motifs is 1. The van der Waals surface area contributed by atoms with Gasteiger partial charge in [-0.25, -0.2) is 8.78 Å². The van der Waals surface area contributed by atoms with Gasteiger partial charge in [-0.1, -0.05) is 18.2 Å². The highest BCUT2D eigenvalue weighted by molar-refractivity contribution is 5.77. The molecule has 1 atom stereocenters. The van der Waals surface area contributed by atoms with Gasteiger partial charge in [0.15, 0.2) is 0 Å². The first-order chi connectivity index (χ1) is 19.1. The summed E-state index contributed by atoms with van der Waals surface area (Å²) in [5, 5.41) is 7.27. The van der Waals surface area contributed by atoms with E-state index >= 15 is 0 Å². The second kappa shape index (κ2) is 11.4. The predicted molar refractivity (Wildman–Crippen MR) is 136 cm³/mol. The molecule has 0 saturated heterocycles. The molecular formula is C29H25F5N4O2. The zero-order valence-electron chi connectivity index (χ0n) is 21.2. The number of halogens is 5. The Labute approximate surface area is 226 Å². The monoisotopic (exact) mass is 556 g/mol. The van der Waals surface area contributed by atoms with Gasteiger partial charge in [0, 0.05) is 23.5 Å². The molecule has 1 aliphatic rings. The SMILES string of the molecule is O=C(Cn1ncc2c1CCCC2)NC(Cc1cc(F)cc(F)c1)c1ncccc1-c1cccc(OC(F)(F)F)c1. The second-order valence-electron chi connectivity index (χ2n) is 9.60. The number of alkyl halides is 3. The molecule has 0 saturated carbocycles. The lowest BCUT2D eigenvalue weighted by atomic mass is 9.95. The molecule has 11 heteroatoms. The third kappa shape index (κ3) is 6.64. The van der Waals surface area contributed by atoms with Crippen LogP contribution in [0.2, 0.25) is 0 Å². The van der Waals surface area contributed by atoms with Gasteiger partial charge >= 0.3 is 6.36 Å². The molecule has 2 aromatic carbocycles. The summed E-state index contributed by atoms with van der Waals surface area (Å²) in [6.07, 6.45) is 2.12. The number of aromatic nitrogens is 3. The number of carbonyl (C=O) groups is 1. The number of hydrogen-bond donors (Lipinski definition) is 1. The van der Waals surface area contributed by atoms with Crippen LogP contribution in [0.1, 0.15) is 41.4 Å². The first-order valence-electron chi connectivity index (χ1n) is 12.7. The molecule has 0 radical (unpaired) electrons. The Morgan fingerprint density at radius 2 is 1.80 bits per heavy atom. The van der Waals surface area contributed by atoms with Crippen molar-refractivity contribution < 1.29 is 31.5 Å². The van der Waals surface area contributed by atoms with E-state index in [-0.39, 0.29) is 18.5 Å². The van der Waals surface area contributed by atoms with Crippen LogP contribution >= 0.6 is 0 Å². The molecule has 0 bridgehead atoms. The molecule has 1 unspecified atom stereocenters. The van der Waals surface area contributed by atoms with Gasteiger partial charge in [-0.15, -0.1) is 13.2 Å². The minimum absolute atomic E-state index is 0.0274. The molecule has 2 heterocycles. The van der Waals surface area contributed by atoms with Crippen molar-refractivity contribution >= 4 is 5.91 Å². The Kier molecular flexibility index (Phi) is 7.81. The van der Waals surface area contributed by atoms with Gasteiger partial charge in [0.1, 0.15) is 23.9 Å². The van der Waals surface area contributed by atoms with Crippen molar-refractivity contribution in [3.63, 3.8) is 0 Å². The molecule has 1 amide bonds. The van der Waals surface area contributed by atoms with Gasteiger partial charge in [0.2, 0.25) is 5.91 Å². The molecule has 5 rings (SSSR count). The summed E-state index contributed by atoms with van der Waals surface area (Å²) >= 11 is 0. The van der Waals surface area contributed by atoms with Gasteiger partial charge in [0.05, 0.1) is 17.9 Å². The van der Waals surface area contributed by atoms with Crippen LogP contribution < -0.4 is 10.1 Å². The number of carbonyl (C=O) groups excluding carboxylic acids is 1. The first kappa shape index (κ1) is 27.3. The number of hydrogen-bond acceptors (Lipinski definition) is 4. The van der Waals surface area contributed by atoms with Crippen LogP contribution in [0.4, 0.5) is 22.0 Å². The summed E-state index contributed by atoms with van der Waals surface area (Å²) in [7, 11) is 0. The Balaban J connectivity index is 1.48. The highest BCUT2D eigenvalue weighted by atomic mass is 19.4. The Morgan fingerprint density at radius 1 is 1.02 bits per heavy atom. The lowest BCUT2D eigenvalue weighted by Crippen LogP contribution is -2.34. The van der Waals surface area contributed by atoms with Crippen molar-refractivity contribution in [1.29, 1.82) is 0 Å². The normalized spacial score (nSPS) is 13.9. The van der Waals surface area contributed by atoms with E-state index in [0.29, 0.717) is 16.8 Å². The third-order valence-electron chi connectivity index (χ3n) is 6.68. The van der Waals surface area contributed by atoms with Gasteiger partial charge in [0.25, 0.3) is 0 Å². The molecular weight excluding hydrogens is 531 g/mol. The topological polar surface area (TPSA) is 69.0 Å². The summed E-state index contributed by atoms with van der Waals surface area (Å²) in [5.74, 6) is -2.37. The molecule has 6 nitrogen and oxygen atoms in total. The average Bonchev–Trinajstić information content (AvgIpc) is 3.29. The number of ether oxygens (including phenoxy) is 1. The van der Waals surface area contributed by atoms with Crippen molar-refractivity contribution in [1.82, 2.24) is 20.1 Å². The largest absolute Gasteiger partial charge is 0.573 e. The van der Waals surface area contributed by atoms with E-state index in [1.807, 2.05) is 0 Å². The minimum atomic E-state index is -4.87. The smallest absolute Gasteiger partial charge is 0.406 e. The standard InChI is InChI=1S/C29H25F5N4O2/c30-21-11-18(12-22(31)15-21)13-25(37-27(39)17-38-26-9-2-1-5-20(26)16-36-38)28-24(8-4-10-35-28)19-6-3-7-23(14-19)40-29(32,33)34/h3-4,6-8,10-12,14-16,25H,1-2,5,9,13,17H2,(H,37,39). The number of nitrogens with one attached hydrogen (secondary N) is 1. The van der Waals surface area contributed by atoms with Crippen molar-refractivity contribution in [2.24, 2.45) is 0 Å². The molecule has 2 aromatic heterocycles. The van der Waals surface area contributed by atoms with Gasteiger partial charge < -0.3 is 10.1 Å². The number of nitrogens with zero attached hydrogens (tertiary/aromatic N) is 3. The molecule has 40 heavy (non-hydrogen) atoms. The highest BCUT2D eigenvalue weighted by Crippen LogP contribution is 2.32. The summed E-state index contributed by atoms with van der Waals surface area (Å²) in [6.45, 7) is -0.0690. The van der Waals surface area contributed by atoms with E-state index in [2.05, 4.69) is 20.1 Å². The highest BCUT2D eigenvalue weighted by Gasteiger charge is 2.31. The van der Waals surface area contributed by atoms with Crippen LogP contribution in [0.5, 0.6) is 5.75 Å². The predicted octanol–water partition coefficient (Wildman–Crippen LogP) is 6.10. The van der Waals surface area contributed by atoms with Crippen molar-refractivity contribution in [2.75, 3.05) is 0 Å². The average molecular weight is 557 g/mol. The number of rotatable bonds is 8. The molecule has 1 N–H and O–H groups in total. The minimum Gasteiger partial charge on any atom is -0.406 e. The van der Waals surface area contributed by atoms with Crippen molar-refractivity contribution in [3.8, 4) is 16.9 Å². The fraction of sp³-hybridized carbons (Fsp3) is 0.276. The fourth-order valence-corrected chi connectivity index (χ4v) is 5.05. The Hall–Kier alpha value is -4.28. The summed E-state index contributed by atoms with van der Waals surface area (Å²) in [5.41, 5.74) is 3.48. The quantitative estimate of drug-likeness (QED) is 0.266. The molecule has 0 fully saturated rings. The maximum absolute atomic E-state index is 14.0. The molecule has 4 aromatic rings. The first-order valence-corrected chi connectivity index (χ1v) is 12.7. The fourth-order valence-electron chi connectivity index (χ4n) is 5.05. The van der Waals surface area contributed by atoms with Crippen LogP contribution in [0, 0.1) is 11.6 Å². The van der Waals surface area contributed by atoms with E-state index < -0.39 is 35.7 Å². The number of benzene rings is 2. The molecule has 208 valence electrons. The Morgan fingerprint density at radius 3 is 2.58 bits per heavy atom. The van der Waals surface area contributed by atoms with Crippen molar-refractivity contribution in [3.05, 3.63) is 101 Å². The van der Waals surface area contributed by atoms with Crippen molar-refractivity contribution in [2.45, 2.75) is 51.1 Å². The lowest BCUT2D eigenvalue weighted by Gasteiger charge is -2.22. The van der Waals surface area contributed by atoms with Crippen LogP contribution in [-0.4, -0.2) is 27.0 Å². The van der Waals surface area contributed by atoms with Crippen LogP contribution in [0.15, 0.2) is 67.0 Å². The summed E-state index contributed by atoms with van der Waals surface area (Å²) < 4.78 is 72.3. The van der Waals surface area contributed by atoms with E-state index in [1.54, 1.807) is 29.1 Å². The number of amides is 1. The Bertz CT molecular complexity index is 1500. The van der Waals surface area contributed by atoms with E-state index in [0.717, 1.165) is 55.1 Å². The van der Waals surface area contributed by atoms with E-state index in [1.165, 1.54) is 24.4 Å². The van der Waals surface area contributed by atoms with Crippen LogP contribution in [0.3, 0.4) is 0 Å². The maximum atomic E-state index is 14.0. The summed E-state index contributed by atoms with van der Waals surface area (Å²) in [4.78, 5) is 17.7. The lowest BCUT2D eigenvalue weighted by molar-refractivity contribution is -0.274. The third-order valence-corrected chi connectivity index (χ3v) is 6.68. The van der Waals surface area contributed by atoms with Crippen LogP contribution in [-0.2, 0) is 30.6 Å². The van der Waals surface area contributed by atoms with E-state index in [4.69, 9.17) is 0 Å². The van der Waals surface area contributed by atoms with Crippen LogP contribution in [0.25, 0.3) is 11.1 Å². The molecule has 0 spiro atoms. The van der Waals surface area contributed by atoms with Gasteiger partial charge in [-0.05, 0) is 79.1 Å².